The maximum absolute atomic E-state index is 13.3. The molecule has 1 aliphatic heterocycles. The molecular formula is C20H21F3N6O. The van der Waals surface area contributed by atoms with E-state index in [-0.39, 0.29) is 18.1 Å². The van der Waals surface area contributed by atoms with Crippen molar-refractivity contribution in [1.29, 1.82) is 5.26 Å². The van der Waals surface area contributed by atoms with Gasteiger partial charge in [0.1, 0.15) is 5.82 Å². The molecule has 3 rings (SSSR count). The minimum atomic E-state index is -4.62. The zero-order chi connectivity index (χ0) is 22.1. The van der Waals surface area contributed by atoms with Gasteiger partial charge in [0.15, 0.2) is 0 Å². The molecule has 1 saturated heterocycles. The van der Waals surface area contributed by atoms with Crippen LogP contribution < -0.4 is 10.2 Å². The van der Waals surface area contributed by atoms with Crippen molar-refractivity contribution in [2.75, 3.05) is 23.3 Å². The van der Waals surface area contributed by atoms with Crippen LogP contribution in [0, 0.1) is 18.3 Å². The first kappa shape index (κ1) is 21.4. The van der Waals surface area contributed by atoms with Crippen LogP contribution in [-0.2, 0) is 6.18 Å². The number of alkyl halides is 3. The standard InChI is InChI=1S/C20H21F3N6O/c1-12-11-29(19(30)27-16-8-25-14(3)26-9-16)13(2)10-28(12)17-5-4-15(7-24)18(6-17)20(21,22)23/h4-6,8-9,12-13H,10-11H2,1-3H3,(H,27,30)/t12-,13+/m0/s1. The molecule has 0 aliphatic carbocycles. The summed E-state index contributed by atoms with van der Waals surface area (Å²) in [6.07, 6.45) is -1.59. The maximum Gasteiger partial charge on any atom is 0.417 e. The summed E-state index contributed by atoms with van der Waals surface area (Å²) in [5.41, 5.74) is -0.533. The highest BCUT2D eigenvalue weighted by Crippen LogP contribution is 2.35. The first-order valence-electron chi connectivity index (χ1n) is 9.34. The summed E-state index contributed by atoms with van der Waals surface area (Å²) >= 11 is 0. The summed E-state index contributed by atoms with van der Waals surface area (Å²) in [6.45, 7) is 6.08. The molecule has 30 heavy (non-hydrogen) atoms. The van der Waals surface area contributed by atoms with E-state index in [0.29, 0.717) is 30.3 Å². The molecule has 0 radical (unpaired) electrons. The van der Waals surface area contributed by atoms with Gasteiger partial charge in [0.05, 0.1) is 35.3 Å². The van der Waals surface area contributed by atoms with E-state index in [1.807, 2.05) is 18.7 Å². The number of aromatic nitrogens is 2. The second-order valence-corrected chi connectivity index (χ2v) is 7.29. The Morgan fingerprint density at radius 2 is 1.87 bits per heavy atom. The summed E-state index contributed by atoms with van der Waals surface area (Å²) in [5.74, 6) is 0.587. The third-order valence-electron chi connectivity index (χ3n) is 5.04. The van der Waals surface area contributed by atoms with Crippen molar-refractivity contribution in [2.24, 2.45) is 0 Å². The number of nitrogens with one attached hydrogen (secondary N) is 1. The van der Waals surface area contributed by atoms with E-state index in [4.69, 9.17) is 5.26 Å². The topological polar surface area (TPSA) is 85.2 Å². The number of carbonyl (C=O) groups is 1. The van der Waals surface area contributed by atoms with Gasteiger partial charge in [0, 0.05) is 30.9 Å². The third-order valence-corrected chi connectivity index (χ3v) is 5.04. The molecule has 0 unspecified atom stereocenters. The van der Waals surface area contributed by atoms with E-state index in [2.05, 4.69) is 15.3 Å². The number of hydrogen-bond acceptors (Lipinski definition) is 5. The largest absolute Gasteiger partial charge is 0.417 e. The van der Waals surface area contributed by atoms with Crippen molar-refractivity contribution in [3.63, 3.8) is 0 Å². The predicted molar refractivity (Wildman–Crippen MR) is 105 cm³/mol. The van der Waals surface area contributed by atoms with Gasteiger partial charge in [-0.3, -0.25) is 0 Å². The second-order valence-electron chi connectivity index (χ2n) is 7.29. The SMILES string of the molecule is Cc1ncc(NC(=O)N2C[C@H](C)N(c3ccc(C#N)c(C(F)(F)F)c3)C[C@H]2C)cn1. The van der Waals surface area contributed by atoms with Crippen LogP contribution >= 0.6 is 0 Å². The summed E-state index contributed by atoms with van der Waals surface area (Å²) in [4.78, 5) is 24.2. The number of aryl methyl sites for hydroxylation is 1. The fraction of sp³-hybridized carbons (Fsp3) is 0.400. The number of benzene rings is 1. The molecule has 1 N–H and O–H groups in total. The van der Waals surface area contributed by atoms with E-state index < -0.39 is 17.3 Å². The van der Waals surface area contributed by atoms with Crippen molar-refractivity contribution in [2.45, 2.75) is 39.0 Å². The molecule has 2 atom stereocenters. The van der Waals surface area contributed by atoms with Gasteiger partial charge in [0.2, 0.25) is 0 Å². The molecule has 7 nitrogen and oxygen atoms in total. The monoisotopic (exact) mass is 418 g/mol. The van der Waals surface area contributed by atoms with Crippen LogP contribution in [-0.4, -0.2) is 46.1 Å². The van der Waals surface area contributed by atoms with E-state index in [1.165, 1.54) is 24.5 Å². The predicted octanol–water partition coefficient (Wildman–Crippen LogP) is 3.81. The first-order valence-corrected chi connectivity index (χ1v) is 9.34. The second kappa shape index (κ2) is 8.18. The molecule has 2 amide bonds. The van der Waals surface area contributed by atoms with Crippen LogP contribution in [0.3, 0.4) is 0 Å². The molecule has 2 heterocycles. The summed E-state index contributed by atoms with van der Waals surface area (Å²) in [6, 6.07) is 4.49. The van der Waals surface area contributed by atoms with Gasteiger partial charge < -0.3 is 15.1 Å². The number of nitriles is 1. The fourth-order valence-electron chi connectivity index (χ4n) is 3.46. The lowest BCUT2D eigenvalue weighted by atomic mass is 10.0. The summed E-state index contributed by atoms with van der Waals surface area (Å²) in [7, 11) is 0. The highest BCUT2D eigenvalue weighted by atomic mass is 19.4. The highest BCUT2D eigenvalue weighted by molar-refractivity contribution is 5.89. The minimum Gasteiger partial charge on any atom is -0.365 e. The van der Waals surface area contributed by atoms with Crippen molar-refractivity contribution in [3.05, 3.63) is 47.5 Å². The van der Waals surface area contributed by atoms with Gasteiger partial charge in [-0.25, -0.2) is 14.8 Å². The number of hydrogen-bond donors (Lipinski definition) is 1. The van der Waals surface area contributed by atoms with Gasteiger partial charge in [-0.05, 0) is 39.0 Å². The average molecular weight is 418 g/mol. The third kappa shape index (κ3) is 4.45. The Hall–Kier alpha value is -3.35. The average Bonchev–Trinajstić information content (AvgIpc) is 2.70. The van der Waals surface area contributed by atoms with E-state index in [1.54, 1.807) is 17.9 Å². The van der Waals surface area contributed by atoms with Crippen molar-refractivity contribution < 1.29 is 18.0 Å². The van der Waals surface area contributed by atoms with Gasteiger partial charge in [-0.2, -0.15) is 18.4 Å². The van der Waals surface area contributed by atoms with Crippen LogP contribution in [0.25, 0.3) is 0 Å². The van der Waals surface area contributed by atoms with Gasteiger partial charge in [0.25, 0.3) is 0 Å². The number of anilines is 2. The summed E-state index contributed by atoms with van der Waals surface area (Å²) in [5, 5.41) is 11.7. The number of halogens is 3. The fourth-order valence-corrected chi connectivity index (χ4v) is 3.46. The maximum atomic E-state index is 13.3. The number of nitrogens with zero attached hydrogens (tertiary/aromatic N) is 5. The molecular weight excluding hydrogens is 397 g/mol. The van der Waals surface area contributed by atoms with Crippen LogP contribution in [0.2, 0.25) is 0 Å². The van der Waals surface area contributed by atoms with E-state index in [0.717, 1.165) is 6.07 Å². The Kier molecular flexibility index (Phi) is 5.82. The molecule has 0 bridgehead atoms. The normalized spacial score (nSPS) is 19.4. The molecule has 1 aromatic carbocycles. The first-order chi connectivity index (χ1) is 14.1. The molecule has 0 spiro atoms. The number of urea groups is 1. The zero-order valence-corrected chi connectivity index (χ0v) is 16.7. The Labute approximate surface area is 172 Å². The van der Waals surface area contributed by atoms with E-state index >= 15 is 0 Å². The summed E-state index contributed by atoms with van der Waals surface area (Å²) < 4.78 is 39.9. The van der Waals surface area contributed by atoms with E-state index in [9.17, 15) is 18.0 Å². The molecule has 0 saturated carbocycles. The molecule has 1 aliphatic rings. The van der Waals surface area contributed by atoms with Crippen LogP contribution in [0.1, 0.15) is 30.8 Å². The molecule has 1 fully saturated rings. The number of amides is 2. The van der Waals surface area contributed by atoms with Crippen LogP contribution in [0.15, 0.2) is 30.6 Å². The number of carbonyl (C=O) groups excluding carboxylic acids is 1. The lowest BCUT2D eigenvalue weighted by Gasteiger charge is -2.45. The zero-order valence-electron chi connectivity index (χ0n) is 16.7. The van der Waals surface area contributed by atoms with Gasteiger partial charge in [-0.1, -0.05) is 0 Å². The lowest BCUT2D eigenvalue weighted by Crippen LogP contribution is -2.59. The Balaban J connectivity index is 1.77. The lowest BCUT2D eigenvalue weighted by molar-refractivity contribution is -0.137. The van der Waals surface area contributed by atoms with Gasteiger partial charge in [-0.15, -0.1) is 0 Å². The molecule has 1 aromatic heterocycles. The number of piperazine rings is 1. The van der Waals surface area contributed by atoms with Crippen LogP contribution in [0.5, 0.6) is 0 Å². The van der Waals surface area contributed by atoms with Crippen molar-refractivity contribution >= 4 is 17.4 Å². The highest BCUT2D eigenvalue weighted by Gasteiger charge is 2.36. The molecule has 10 heteroatoms. The molecule has 158 valence electrons. The smallest absolute Gasteiger partial charge is 0.365 e. The van der Waals surface area contributed by atoms with Crippen LogP contribution in [0.4, 0.5) is 29.3 Å². The minimum absolute atomic E-state index is 0.227. The number of rotatable bonds is 2. The Bertz CT molecular complexity index is 970. The van der Waals surface area contributed by atoms with Crippen molar-refractivity contribution in [1.82, 2.24) is 14.9 Å². The van der Waals surface area contributed by atoms with Crippen molar-refractivity contribution in [3.8, 4) is 6.07 Å². The Morgan fingerprint density at radius 1 is 1.20 bits per heavy atom. The Morgan fingerprint density at radius 3 is 2.47 bits per heavy atom. The molecule has 2 aromatic rings. The van der Waals surface area contributed by atoms with Gasteiger partial charge >= 0.3 is 12.2 Å². The quantitative estimate of drug-likeness (QED) is 0.802.